The van der Waals surface area contributed by atoms with Gasteiger partial charge in [0.1, 0.15) is 0 Å². The maximum atomic E-state index is 12.2. The van der Waals surface area contributed by atoms with Gasteiger partial charge in [0.15, 0.2) is 0 Å². The van der Waals surface area contributed by atoms with E-state index >= 15 is 0 Å². The van der Waals surface area contributed by atoms with E-state index in [-0.39, 0.29) is 5.91 Å². The molecule has 0 atom stereocenters. The molecule has 0 spiro atoms. The highest BCUT2D eigenvalue weighted by Crippen LogP contribution is 2.22. The fraction of sp³-hybridized carbons (Fsp3) is 0.556. The average Bonchev–Trinajstić information content (AvgIpc) is 2.98. The van der Waals surface area contributed by atoms with Crippen LogP contribution in [0.3, 0.4) is 0 Å². The van der Waals surface area contributed by atoms with Gasteiger partial charge in [0.05, 0.1) is 34.9 Å². The zero-order valence-electron chi connectivity index (χ0n) is 13.8. The van der Waals surface area contributed by atoms with Crippen LogP contribution < -0.4 is 10.2 Å². The first-order valence-electron chi connectivity index (χ1n) is 8.72. The maximum absolute atomic E-state index is 12.2. The second-order valence-corrected chi connectivity index (χ2v) is 7.53. The average molecular weight is 332 g/mol. The summed E-state index contributed by atoms with van der Waals surface area (Å²) in [6, 6.07) is 8.53. The lowest BCUT2D eigenvalue weighted by atomic mass is 10.0. The quantitative estimate of drug-likeness (QED) is 0.847. The van der Waals surface area contributed by atoms with Crippen molar-refractivity contribution in [2.75, 3.05) is 19.6 Å². The van der Waals surface area contributed by atoms with Gasteiger partial charge in [-0.3, -0.25) is 4.79 Å². The number of piperidine rings is 1. The molecule has 1 aliphatic heterocycles. The van der Waals surface area contributed by atoms with Crippen molar-refractivity contribution in [2.45, 2.75) is 45.1 Å². The third-order valence-electron chi connectivity index (χ3n) is 4.57. The fourth-order valence-corrected chi connectivity index (χ4v) is 4.29. The Hall–Kier alpha value is -1.46. The number of carbonyl (C=O) groups excluding carboxylic acids is 1. The molecule has 2 aromatic rings. The van der Waals surface area contributed by atoms with Gasteiger partial charge in [-0.05, 0) is 18.6 Å². The van der Waals surface area contributed by atoms with Crippen molar-refractivity contribution in [1.82, 2.24) is 10.3 Å². The summed E-state index contributed by atoms with van der Waals surface area (Å²) in [5.74, 6) is 0.174. The van der Waals surface area contributed by atoms with Crippen molar-refractivity contribution in [3.05, 3.63) is 29.3 Å². The van der Waals surface area contributed by atoms with Gasteiger partial charge >= 0.3 is 0 Å². The second kappa shape index (κ2) is 7.88. The second-order valence-electron chi connectivity index (χ2n) is 6.42. The molecular weight excluding hydrogens is 306 g/mol. The Morgan fingerprint density at radius 1 is 1.35 bits per heavy atom. The van der Waals surface area contributed by atoms with Gasteiger partial charge in [-0.25, -0.2) is 4.98 Å². The van der Waals surface area contributed by atoms with E-state index in [2.05, 4.69) is 23.3 Å². The fourth-order valence-electron chi connectivity index (χ4n) is 3.32. The molecule has 2 heterocycles. The zero-order valence-corrected chi connectivity index (χ0v) is 14.6. The molecule has 0 unspecified atom stereocenters. The number of quaternary nitrogens is 1. The summed E-state index contributed by atoms with van der Waals surface area (Å²) in [5.41, 5.74) is 1.04. The SMILES string of the molecule is CCC[NH+]1CCC(NC(=O)CCc2nc3ccccc3s2)CC1. The van der Waals surface area contributed by atoms with E-state index in [4.69, 9.17) is 0 Å². The maximum Gasteiger partial charge on any atom is 0.220 e. The Kier molecular flexibility index (Phi) is 5.62. The van der Waals surface area contributed by atoms with Crippen LogP contribution in [-0.4, -0.2) is 36.6 Å². The molecule has 1 fully saturated rings. The molecule has 4 nitrogen and oxygen atoms in total. The minimum atomic E-state index is 0.174. The number of amides is 1. The summed E-state index contributed by atoms with van der Waals surface area (Å²) < 4.78 is 1.20. The Labute approximate surface area is 141 Å². The van der Waals surface area contributed by atoms with Crippen LogP contribution in [0.15, 0.2) is 24.3 Å². The van der Waals surface area contributed by atoms with Gasteiger partial charge in [0, 0.05) is 31.7 Å². The molecule has 0 bridgehead atoms. The smallest absolute Gasteiger partial charge is 0.220 e. The number of aryl methyl sites for hydroxylation is 1. The zero-order chi connectivity index (χ0) is 16.1. The number of likely N-dealkylation sites (tertiary alicyclic amines) is 1. The van der Waals surface area contributed by atoms with E-state index in [1.54, 1.807) is 16.2 Å². The number of nitrogens with zero attached hydrogens (tertiary/aromatic N) is 1. The molecule has 1 aromatic heterocycles. The lowest BCUT2D eigenvalue weighted by Crippen LogP contribution is -3.13. The summed E-state index contributed by atoms with van der Waals surface area (Å²) in [6.07, 6.45) is 4.76. The highest BCUT2D eigenvalue weighted by atomic mass is 32.1. The van der Waals surface area contributed by atoms with Crippen LogP contribution in [0, 0.1) is 0 Å². The van der Waals surface area contributed by atoms with E-state index in [9.17, 15) is 4.79 Å². The molecule has 1 aliphatic rings. The Morgan fingerprint density at radius 3 is 2.87 bits per heavy atom. The standard InChI is InChI=1S/C18H25N3OS/c1-2-11-21-12-9-14(10-13-21)19-17(22)7-8-18-20-15-5-3-4-6-16(15)23-18/h3-6,14H,2,7-13H2,1H3,(H,19,22)/p+1. The number of aromatic nitrogens is 1. The van der Waals surface area contributed by atoms with Crippen molar-refractivity contribution < 1.29 is 9.69 Å². The predicted molar refractivity (Wildman–Crippen MR) is 95.0 cm³/mol. The summed E-state index contributed by atoms with van der Waals surface area (Å²) in [6.45, 7) is 5.88. The highest BCUT2D eigenvalue weighted by Gasteiger charge is 2.22. The highest BCUT2D eigenvalue weighted by molar-refractivity contribution is 7.18. The first-order chi connectivity index (χ1) is 11.2. The first kappa shape index (κ1) is 16.4. The number of rotatable bonds is 6. The number of hydrogen-bond acceptors (Lipinski definition) is 3. The number of fused-ring (bicyclic) bond motifs is 1. The molecule has 1 saturated heterocycles. The molecule has 23 heavy (non-hydrogen) atoms. The van der Waals surface area contributed by atoms with Gasteiger partial charge < -0.3 is 10.2 Å². The van der Waals surface area contributed by atoms with E-state index in [1.807, 2.05) is 18.2 Å². The molecule has 0 aliphatic carbocycles. The van der Waals surface area contributed by atoms with E-state index in [0.29, 0.717) is 12.5 Å². The molecular formula is C18H26N3OS+. The number of carbonyl (C=O) groups is 1. The first-order valence-corrected chi connectivity index (χ1v) is 9.53. The van der Waals surface area contributed by atoms with Gasteiger partial charge in [-0.15, -0.1) is 11.3 Å². The summed E-state index contributed by atoms with van der Waals surface area (Å²) in [7, 11) is 0. The predicted octanol–water partition coefficient (Wildman–Crippen LogP) is 1.80. The lowest BCUT2D eigenvalue weighted by molar-refractivity contribution is -0.905. The largest absolute Gasteiger partial charge is 0.353 e. The lowest BCUT2D eigenvalue weighted by Gasteiger charge is -2.29. The number of thiazole rings is 1. The number of hydrogen-bond donors (Lipinski definition) is 2. The summed E-state index contributed by atoms with van der Waals surface area (Å²) >= 11 is 1.70. The van der Waals surface area contributed by atoms with Crippen molar-refractivity contribution in [3.8, 4) is 0 Å². The van der Waals surface area contributed by atoms with Crippen molar-refractivity contribution in [3.63, 3.8) is 0 Å². The minimum Gasteiger partial charge on any atom is -0.353 e. The normalized spacial score (nSPS) is 21.4. The minimum absolute atomic E-state index is 0.174. The topological polar surface area (TPSA) is 46.4 Å². The van der Waals surface area contributed by atoms with Crippen LogP contribution in [0.5, 0.6) is 0 Å². The number of para-hydroxylation sites is 1. The van der Waals surface area contributed by atoms with Gasteiger partial charge in [-0.2, -0.15) is 0 Å². The monoisotopic (exact) mass is 332 g/mol. The van der Waals surface area contributed by atoms with Crippen LogP contribution in [-0.2, 0) is 11.2 Å². The molecule has 3 rings (SSSR count). The third kappa shape index (κ3) is 4.52. The molecule has 1 aromatic carbocycles. The summed E-state index contributed by atoms with van der Waals surface area (Å²) in [5, 5.41) is 4.27. The third-order valence-corrected chi connectivity index (χ3v) is 5.66. The molecule has 2 N–H and O–H groups in total. The van der Waals surface area contributed by atoms with E-state index < -0.39 is 0 Å². The summed E-state index contributed by atoms with van der Waals surface area (Å²) in [4.78, 5) is 18.5. The molecule has 5 heteroatoms. The molecule has 0 saturated carbocycles. The van der Waals surface area contributed by atoms with Gasteiger partial charge in [0.25, 0.3) is 0 Å². The molecule has 1 amide bonds. The molecule has 0 radical (unpaired) electrons. The van der Waals surface area contributed by atoms with Crippen LogP contribution in [0.25, 0.3) is 10.2 Å². The van der Waals surface area contributed by atoms with Gasteiger partial charge in [-0.1, -0.05) is 19.1 Å². The number of benzene rings is 1. The van der Waals surface area contributed by atoms with E-state index in [1.165, 1.54) is 30.8 Å². The Bertz CT molecular complexity index is 614. The van der Waals surface area contributed by atoms with Crippen LogP contribution in [0.4, 0.5) is 0 Å². The van der Waals surface area contributed by atoms with Crippen molar-refractivity contribution in [2.24, 2.45) is 0 Å². The Morgan fingerprint density at radius 2 is 2.13 bits per heavy atom. The van der Waals surface area contributed by atoms with Crippen LogP contribution >= 0.6 is 11.3 Å². The van der Waals surface area contributed by atoms with Crippen molar-refractivity contribution >= 4 is 27.5 Å². The number of nitrogens with one attached hydrogen (secondary N) is 2. The molecule has 124 valence electrons. The van der Waals surface area contributed by atoms with Crippen LogP contribution in [0.2, 0.25) is 0 Å². The van der Waals surface area contributed by atoms with Crippen molar-refractivity contribution in [1.29, 1.82) is 0 Å². The van der Waals surface area contributed by atoms with Gasteiger partial charge in [0.2, 0.25) is 5.91 Å². The Balaban J connectivity index is 1.43. The van der Waals surface area contributed by atoms with E-state index in [0.717, 1.165) is 29.8 Å². The van der Waals surface area contributed by atoms with Crippen LogP contribution in [0.1, 0.15) is 37.6 Å².